The molecule has 3 aromatic rings. The van der Waals surface area contributed by atoms with Gasteiger partial charge in [0.1, 0.15) is 0 Å². The fraction of sp³-hybridized carbons (Fsp3) is 0.448. The van der Waals surface area contributed by atoms with Crippen LogP contribution in [0.15, 0.2) is 48.7 Å². The highest BCUT2D eigenvalue weighted by Crippen LogP contribution is 2.37. The Kier molecular flexibility index (Phi) is 7.80. The molecule has 0 spiro atoms. The lowest BCUT2D eigenvalue weighted by Gasteiger charge is -2.48. The third-order valence-corrected chi connectivity index (χ3v) is 8.20. The molecule has 2 aromatic carbocycles. The van der Waals surface area contributed by atoms with Gasteiger partial charge in [-0.3, -0.25) is 4.79 Å². The number of Topliss-reactive ketones (excluding diaryl/α,β-unsaturated/α-hetero) is 1. The van der Waals surface area contributed by atoms with Crippen molar-refractivity contribution >= 4 is 22.7 Å². The Balaban J connectivity index is 1.35. The smallest absolute Gasteiger partial charge is 0.361 e. The van der Waals surface area contributed by atoms with E-state index >= 15 is 0 Å². The van der Waals surface area contributed by atoms with E-state index in [4.69, 9.17) is 0 Å². The van der Waals surface area contributed by atoms with Gasteiger partial charge in [0.25, 0.3) is 0 Å². The van der Waals surface area contributed by atoms with E-state index in [1.807, 2.05) is 24.3 Å². The van der Waals surface area contributed by atoms with Crippen LogP contribution in [0.25, 0.3) is 10.9 Å². The van der Waals surface area contributed by atoms with Crippen LogP contribution in [0.5, 0.6) is 0 Å². The maximum Gasteiger partial charge on any atom is 0.416 e. The van der Waals surface area contributed by atoms with E-state index in [0.29, 0.717) is 12.1 Å². The van der Waals surface area contributed by atoms with Gasteiger partial charge in [-0.15, -0.1) is 0 Å². The molecule has 3 aliphatic rings. The van der Waals surface area contributed by atoms with E-state index in [1.165, 1.54) is 0 Å². The summed E-state index contributed by atoms with van der Waals surface area (Å²) in [5, 5.41) is 6.67. The number of aromatic nitrogens is 1. The average Bonchev–Trinajstić information content (AvgIpc) is 3.33. The topological polar surface area (TPSA) is 77.2 Å². The third kappa shape index (κ3) is 6.69. The van der Waals surface area contributed by atoms with Gasteiger partial charge in [0, 0.05) is 55.1 Å². The van der Waals surface area contributed by atoms with E-state index in [-0.39, 0.29) is 36.4 Å². The fourth-order valence-electron chi connectivity index (χ4n) is 5.82. The summed E-state index contributed by atoms with van der Waals surface area (Å²) in [5.41, 5.74) is -1.90. The molecule has 41 heavy (non-hydrogen) atoms. The third-order valence-electron chi connectivity index (χ3n) is 8.20. The molecular formula is C29H30F6N4O2. The molecule has 6 nitrogen and oxygen atoms in total. The highest BCUT2D eigenvalue weighted by molar-refractivity contribution is 5.90. The zero-order valence-corrected chi connectivity index (χ0v) is 22.1. The van der Waals surface area contributed by atoms with E-state index in [9.17, 15) is 35.9 Å². The van der Waals surface area contributed by atoms with Crippen LogP contribution in [0.3, 0.4) is 0 Å². The Morgan fingerprint density at radius 3 is 2.15 bits per heavy atom. The lowest BCUT2D eigenvalue weighted by atomic mass is 9.80. The Labute approximate surface area is 232 Å². The second kappa shape index (κ2) is 11.0. The van der Waals surface area contributed by atoms with Gasteiger partial charge in [-0.2, -0.15) is 26.3 Å². The number of aromatic amines is 1. The number of carbonyl (C=O) groups is 2. The minimum atomic E-state index is -4.98. The first-order valence-corrected chi connectivity index (χ1v) is 13.5. The molecule has 2 amide bonds. The number of hydrogen-bond donors (Lipinski definition) is 3. The number of fused-ring (bicyclic) bond motifs is 4. The van der Waals surface area contributed by atoms with Crippen molar-refractivity contribution in [2.75, 3.05) is 19.6 Å². The van der Waals surface area contributed by atoms with Crippen molar-refractivity contribution in [3.8, 4) is 0 Å². The van der Waals surface area contributed by atoms with Gasteiger partial charge in [-0.1, -0.05) is 18.2 Å². The van der Waals surface area contributed by atoms with Crippen molar-refractivity contribution in [2.45, 2.75) is 62.5 Å². The summed E-state index contributed by atoms with van der Waals surface area (Å²) in [6.45, 7) is 2.61. The maximum atomic E-state index is 13.4. The number of halogens is 6. The average molecular weight is 581 g/mol. The molecule has 4 heterocycles. The molecule has 1 atom stereocenters. The van der Waals surface area contributed by atoms with Gasteiger partial charge >= 0.3 is 18.4 Å². The van der Waals surface area contributed by atoms with Crippen LogP contribution in [-0.4, -0.2) is 52.9 Å². The van der Waals surface area contributed by atoms with Crippen LogP contribution >= 0.6 is 0 Å². The molecule has 6 rings (SSSR count). The molecule has 2 bridgehead atoms. The molecule has 3 fully saturated rings. The second-order valence-corrected chi connectivity index (χ2v) is 11.0. The number of ketones is 1. The first-order chi connectivity index (χ1) is 19.3. The summed E-state index contributed by atoms with van der Waals surface area (Å²) >= 11 is 0. The van der Waals surface area contributed by atoms with Crippen LogP contribution in [0.1, 0.15) is 47.9 Å². The van der Waals surface area contributed by atoms with E-state index in [1.54, 1.807) is 6.20 Å². The zero-order chi connectivity index (χ0) is 29.4. The number of piperidine rings is 3. The molecule has 0 saturated carbocycles. The molecular weight excluding hydrogens is 550 g/mol. The van der Waals surface area contributed by atoms with Crippen molar-refractivity contribution < 1.29 is 35.9 Å². The van der Waals surface area contributed by atoms with Gasteiger partial charge in [0.05, 0.1) is 17.2 Å². The number of aryl methyl sites for hydroxylation is 1. The van der Waals surface area contributed by atoms with Gasteiger partial charge in [0.15, 0.2) is 5.78 Å². The standard InChI is InChI=1S/C29H30F6N4O2/c30-28(31,32)20-13-18(14-21(16-20)29(33,34)35)5-6-25(40)24(15-19-17-36-23-4-2-1-3-22(19)23)37-26(41)38-27-7-10-39(11-8-27)12-9-27/h1-4,13-14,16-17,24,36H,5-12,15H2,(H2,37,38,41). The number of alkyl halides is 6. The zero-order valence-electron chi connectivity index (χ0n) is 22.1. The SMILES string of the molecule is O=C(NC(Cc1c[nH]c2ccccc12)C(=O)CCc1cc(C(F)(F)F)cc(C(F)(F)F)c1)NC12CCN(CC1)CC2. The number of amides is 2. The molecule has 3 saturated heterocycles. The second-order valence-electron chi connectivity index (χ2n) is 11.0. The van der Waals surface area contributed by atoms with Crippen molar-refractivity contribution in [3.05, 3.63) is 70.9 Å². The summed E-state index contributed by atoms with van der Waals surface area (Å²) in [7, 11) is 0. The number of para-hydroxylation sites is 1. The van der Waals surface area contributed by atoms with Gasteiger partial charge < -0.3 is 20.5 Å². The quantitative estimate of drug-likeness (QED) is 0.293. The Morgan fingerprint density at radius 2 is 1.54 bits per heavy atom. The van der Waals surface area contributed by atoms with Crippen molar-refractivity contribution in [1.82, 2.24) is 20.5 Å². The number of hydrogen-bond acceptors (Lipinski definition) is 3. The number of H-pyrrole nitrogens is 1. The number of rotatable bonds is 8. The van der Waals surface area contributed by atoms with Crippen molar-refractivity contribution in [3.63, 3.8) is 0 Å². The molecule has 1 aromatic heterocycles. The highest BCUT2D eigenvalue weighted by Gasteiger charge is 2.41. The van der Waals surface area contributed by atoms with Gasteiger partial charge in [-0.25, -0.2) is 4.79 Å². The van der Waals surface area contributed by atoms with Crippen LogP contribution in [0.2, 0.25) is 0 Å². The molecule has 0 aliphatic carbocycles. The van der Waals surface area contributed by atoms with Crippen LogP contribution in [-0.2, 0) is 30.0 Å². The summed E-state index contributed by atoms with van der Waals surface area (Å²) in [6, 6.07) is 7.16. The molecule has 12 heteroatoms. The summed E-state index contributed by atoms with van der Waals surface area (Å²) in [5.74, 6) is -0.493. The molecule has 3 N–H and O–H groups in total. The number of benzene rings is 2. The van der Waals surface area contributed by atoms with Crippen LogP contribution < -0.4 is 10.6 Å². The molecule has 3 aliphatic heterocycles. The molecule has 0 radical (unpaired) electrons. The Hall–Kier alpha value is -3.54. The van der Waals surface area contributed by atoms with E-state index < -0.39 is 41.3 Å². The van der Waals surface area contributed by atoms with Crippen molar-refractivity contribution in [1.29, 1.82) is 0 Å². The van der Waals surface area contributed by atoms with Crippen LogP contribution in [0, 0.1) is 0 Å². The predicted molar refractivity (Wildman–Crippen MR) is 140 cm³/mol. The first-order valence-electron chi connectivity index (χ1n) is 13.5. The van der Waals surface area contributed by atoms with Gasteiger partial charge in [0.2, 0.25) is 0 Å². The molecule has 1 unspecified atom stereocenters. The number of urea groups is 1. The van der Waals surface area contributed by atoms with Crippen LogP contribution in [0.4, 0.5) is 31.1 Å². The summed E-state index contributed by atoms with van der Waals surface area (Å²) < 4.78 is 79.8. The maximum absolute atomic E-state index is 13.4. The van der Waals surface area contributed by atoms with Gasteiger partial charge in [-0.05, 0) is 61.1 Å². The summed E-state index contributed by atoms with van der Waals surface area (Å²) in [4.78, 5) is 32.0. The van der Waals surface area contributed by atoms with Crippen molar-refractivity contribution in [2.24, 2.45) is 0 Å². The lowest BCUT2D eigenvalue weighted by molar-refractivity contribution is -0.143. The minimum absolute atomic E-state index is 0.0617. The fourth-order valence-corrected chi connectivity index (χ4v) is 5.82. The molecule has 220 valence electrons. The Morgan fingerprint density at radius 1 is 0.927 bits per heavy atom. The monoisotopic (exact) mass is 580 g/mol. The predicted octanol–water partition coefficient (Wildman–Crippen LogP) is 5.86. The van der Waals surface area contributed by atoms with E-state index in [0.717, 1.165) is 55.4 Å². The number of carbonyl (C=O) groups excluding carboxylic acids is 2. The normalized spacial score (nSPS) is 21.6. The highest BCUT2D eigenvalue weighted by atomic mass is 19.4. The Bertz CT molecular complexity index is 1380. The van der Waals surface area contributed by atoms with E-state index in [2.05, 4.69) is 20.5 Å². The number of nitrogens with zero attached hydrogens (tertiary/aromatic N) is 1. The lowest BCUT2D eigenvalue weighted by Crippen LogP contribution is -2.63. The first kappa shape index (κ1) is 29.0. The number of nitrogens with one attached hydrogen (secondary N) is 3. The summed E-state index contributed by atoms with van der Waals surface area (Å²) in [6.07, 6.45) is -6.46. The largest absolute Gasteiger partial charge is 0.416 e. The minimum Gasteiger partial charge on any atom is -0.361 e.